The van der Waals surface area contributed by atoms with Crippen LogP contribution in [0.15, 0.2) is 27.9 Å². The average Bonchev–Trinajstić information content (AvgIpc) is 3.42. The summed E-state index contributed by atoms with van der Waals surface area (Å²) in [5.41, 5.74) is 0.796. The van der Waals surface area contributed by atoms with Gasteiger partial charge in [0.15, 0.2) is 11.5 Å². The van der Waals surface area contributed by atoms with Crippen LogP contribution in [0.25, 0.3) is 11.4 Å². The fourth-order valence-corrected chi connectivity index (χ4v) is 4.15. The largest absolute Gasteiger partial charge is 0.493 e. The number of aromatic nitrogens is 6. The van der Waals surface area contributed by atoms with E-state index in [-0.39, 0.29) is 0 Å². The van der Waals surface area contributed by atoms with Crippen molar-refractivity contribution < 1.29 is 14.0 Å². The first-order valence-corrected chi connectivity index (χ1v) is 10.2. The van der Waals surface area contributed by atoms with E-state index in [1.165, 1.54) is 31.0 Å². The second-order valence-electron chi connectivity index (χ2n) is 6.57. The smallest absolute Gasteiger partial charge is 0.237 e. The highest BCUT2D eigenvalue weighted by molar-refractivity contribution is 7.98. The summed E-state index contributed by atoms with van der Waals surface area (Å²) >= 11 is 1.51. The van der Waals surface area contributed by atoms with E-state index < -0.39 is 0 Å². The molecule has 148 valence electrons. The van der Waals surface area contributed by atoms with Gasteiger partial charge >= 0.3 is 0 Å². The second kappa shape index (κ2) is 8.59. The molecule has 1 aromatic carbocycles. The summed E-state index contributed by atoms with van der Waals surface area (Å²) in [6.45, 7) is 0. The molecule has 1 aliphatic carbocycles. The lowest BCUT2D eigenvalue weighted by Gasteiger charge is -2.21. The molecule has 0 radical (unpaired) electrons. The summed E-state index contributed by atoms with van der Waals surface area (Å²) in [5.74, 6) is 2.80. The highest BCUT2D eigenvalue weighted by Crippen LogP contribution is 2.33. The summed E-state index contributed by atoms with van der Waals surface area (Å²) in [6.07, 6.45) is 6.01. The first kappa shape index (κ1) is 18.7. The van der Waals surface area contributed by atoms with Gasteiger partial charge in [0.1, 0.15) is 0 Å². The molecule has 1 fully saturated rings. The van der Waals surface area contributed by atoms with E-state index in [0.717, 1.165) is 23.6 Å². The van der Waals surface area contributed by atoms with Crippen molar-refractivity contribution in [1.29, 1.82) is 0 Å². The number of ether oxygens (including phenoxy) is 2. The third-order valence-electron chi connectivity index (χ3n) is 4.82. The molecule has 0 saturated heterocycles. The maximum atomic E-state index is 5.40. The normalized spacial score (nSPS) is 14.9. The van der Waals surface area contributed by atoms with Gasteiger partial charge in [0.2, 0.25) is 16.9 Å². The molecule has 0 unspecified atom stereocenters. The van der Waals surface area contributed by atoms with Crippen molar-refractivity contribution >= 4 is 11.8 Å². The van der Waals surface area contributed by atoms with Gasteiger partial charge in [-0.25, -0.2) is 4.68 Å². The van der Waals surface area contributed by atoms with Crippen molar-refractivity contribution in [1.82, 2.24) is 30.3 Å². The van der Waals surface area contributed by atoms with Gasteiger partial charge in [0.05, 0.1) is 26.0 Å². The van der Waals surface area contributed by atoms with E-state index in [1.54, 1.807) is 14.2 Å². The molecule has 2 heterocycles. The molecule has 28 heavy (non-hydrogen) atoms. The fraction of sp³-hybridized carbons (Fsp3) is 0.500. The molecule has 0 atom stereocenters. The van der Waals surface area contributed by atoms with Crippen molar-refractivity contribution in [2.45, 2.75) is 49.1 Å². The number of methoxy groups -OCH3 is 2. The summed E-state index contributed by atoms with van der Waals surface area (Å²) in [6, 6.07) is 5.89. The van der Waals surface area contributed by atoms with Crippen LogP contribution in [0, 0.1) is 0 Å². The Morgan fingerprint density at radius 1 is 1.14 bits per heavy atom. The number of hydrogen-bond acceptors (Lipinski definition) is 9. The Bertz CT molecular complexity index is 922. The number of nitrogens with zero attached hydrogens (tertiary/aromatic N) is 6. The monoisotopic (exact) mass is 402 g/mol. The fourth-order valence-electron chi connectivity index (χ4n) is 3.37. The van der Waals surface area contributed by atoms with Crippen LogP contribution in [0.2, 0.25) is 0 Å². The van der Waals surface area contributed by atoms with Crippen LogP contribution in [-0.4, -0.2) is 44.6 Å². The minimum Gasteiger partial charge on any atom is -0.493 e. The van der Waals surface area contributed by atoms with Crippen LogP contribution in [-0.2, 0) is 5.75 Å². The van der Waals surface area contributed by atoms with Gasteiger partial charge < -0.3 is 14.0 Å². The van der Waals surface area contributed by atoms with Gasteiger partial charge in [0.25, 0.3) is 0 Å². The molecule has 1 aliphatic rings. The molecule has 0 aliphatic heterocycles. The quantitative estimate of drug-likeness (QED) is 0.549. The SMILES string of the molecule is COc1ccc(-c2noc(CSc3nnnn3C3CCCCC3)n2)cc1OC. The molecule has 4 rings (SSSR count). The minimum atomic E-state index is 0.385. The Kier molecular flexibility index (Phi) is 5.75. The predicted molar refractivity (Wildman–Crippen MR) is 102 cm³/mol. The lowest BCUT2D eigenvalue weighted by molar-refractivity contribution is 0.307. The van der Waals surface area contributed by atoms with Crippen LogP contribution >= 0.6 is 11.8 Å². The molecule has 0 amide bonds. The summed E-state index contributed by atoms with van der Waals surface area (Å²) in [7, 11) is 3.19. The summed E-state index contributed by atoms with van der Waals surface area (Å²) < 4.78 is 17.9. The van der Waals surface area contributed by atoms with E-state index in [1.807, 2.05) is 22.9 Å². The highest BCUT2D eigenvalue weighted by atomic mass is 32.2. The molecular weight excluding hydrogens is 380 g/mol. The molecule has 2 aromatic heterocycles. The third-order valence-corrected chi connectivity index (χ3v) is 5.74. The molecule has 9 nitrogen and oxygen atoms in total. The number of tetrazole rings is 1. The standard InChI is InChI=1S/C18H22N6O3S/c1-25-14-9-8-12(10-15(14)26-2)17-19-16(27-21-17)11-28-18-20-22-23-24(18)13-6-4-3-5-7-13/h8-10,13H,3-7,11H2,1-2H3. The predicted octanol–water partition coefficient (Wildman–Crippen LogP) is 3.54. The van der Waals surface area contributed by atoms with E-state index in [0.29, 0.717) is 35.0 Å². The van der Waals surface area contributed by atoms with Crippen LogP contribution in [0.1, 0.15) is 44.0 Å². The van der Waals surface area contributed by atoms with Crippen LogP contribution in [0.4, 0.5) is 0 Å². The van der Waals surface area contributed by atoms with Gasteiger partial charge in [-0.3, -0.25) is 0 Å². The Labute approximate surface area is 166 Å². The van der Waals surface area contributed by atoms with Gasteiger partial charge in [-0.15, -0.1) is 5.10 Å². The minimum absolute atomic E-state index is 0.385. The van der Waals surface area contributed by atoms with Gasteiger partial charge in [0, 0.05) is 5.56 Å². The van der Waals surface area contributed by atoms with Crippen LogP contribution in [0.5, 0.6) is 11.5 Å². The van der Waals surface area contributed by atoms with Crippen LogP contribution in [0.3, 0.4) is 0 Å². The maximum Gasteiger partial charge on any atom is 0.237 e. The van der Waals surface area contributed by atoms with Gasteiger partial charge in [-0.1, -0.05) is 36.2 Å². The molecule has 0 N–H and O–H groups in total. The Morgan fingerprint density at radius 3 is 2.75 bits per heavy atom. The molecule has 0 spiro atoms. The molecule has 3 aromatic rings. The summed E-state index contributed by atoms with van der Waals surface area (Å²) in [5, 5.41) is 17.1. The Morgan fingerprint density at radius 2 is 1.96 bits per heavy atom. The van der Waals surface area contributed by atoms with Crippen LogP contribution < -0.4 is 9.47 Å². The van der Waals surface area contributed by atoms with Crippen molar-refractivity contribution in [2.24, 2.45) is 0 Å². The first-order valence-electron chi connectivity index (χ1n) is 9.24. The topological polar surface area (TPSA) is 101 Å². The van der Waals surface area contributed by atoms with Crippen molar-refractivity contribution in [2.75, 3.05) is 14.2 Å². The maximum absolute atomic E-state index is 5.40. The lowest BCUT2D eigenvalue weighted by Crippen LogP contribution is -2.15. The molecular formula is C18H22N6O3S. The number of hydrogen-bond donors (Lipinski definition) is 0. The Balaban J connectivity index is 1.44. The van der Waals surface area contributed by atoms with Gasteiger partial charge in [-0.2, -0.15) is 4.98 Å². The zero-order valence-electron chi connectivity index (χ0n) is 15.9. The van der Waals surface area contributed by atoms with Crippen molar-refractivity contribution in [3.05, 3.63) is 24.1 Å². The van der Waals surface area contributed by atoms with E-state index >= 15 is 0 Å². The summed E-state index contributed by atoms with van der Waals surface area (Å²) in [4.78, 5) is 4.48. The number of thioether (sulfide) groups is 1. The zero-order valence-corrected chi connectivity index (χ0v) is 16.7. The Hall–Kier alpha value is -2.62. The van der Waals surface area contributed by atoms with E-state index in [9.17, 15) is 0 Å². The third kappa shape index (κ3) is 3.96. The van der Waals surface area contributed by atoms with Crippen molar-refractivity contribution in [3.63, 3.8) is 0 Å². The molecule has 0 bridgehead atoms. The van der Waals surface area contributed by atoms with E-state index in [2.05, 4.69) is 25.7 Å². The zero-order chi connectivity index (χ0) is 19.3. The average molecular weight is 402 g/mol. The molecule has 10 heteroatoms. The highest BCUT2D eigenvalue weighted by Gasteiger charge is 2.21. The first-order chi connectivity index (χ1) is 13.8. The number of rotatable bonds is 7. The second-order valence-corrected chi connectivity index (χ2v) is 7.51. The lowest BCUT2D eigenvalue weighted by atomic mass is 9.96. The van der Waals surface area contributed by atoms with Crippen molar-refractivity contribution in [3.8, 4) is 22.9 Å². The van der Waals surface area contributed by atoms with E-state index in [4.69, 9.17) is 14.0 Å². The number of benzene rings is 1. The molecule has 1 saturated carbocycles. The van der Waals surface area contributed by atoms with Gasteiger partial charge in [-0.05, 0) is 41.5 Å².